The van der Waals surface area contributed by atoms with Gasteiger partial charge in [0, 0.05) is 39.1 Å². The van der Waals surface area contributed by atoms with Crippen LogP contribution < -0.4 is 0 Å². The van der Waals surface area contributed by atoms with Gasteiger partial charge < -0.3 is 19.4 Å². The Bertz CT molecular complexity index is 391. The van der Waals surface area contributed by atoms with Crippen LogP contribution in [0.2, 0.25) is 0 Å². The zero-order valence-corrected chi connectivity index (χ0v) is 11.8. The molecule has 2 saturated heterocycles. The fraction of sp³-hybridized carbons (Fsp3) is 0.769. The van der Waals surface area contributed by atoms with Crippen molar-refractivity contribution in [3.63, 3.8) is 0 Å². The molecular formula is C13H21N3O4. The Kier molecular flexibility index (Phi) is 4.81. The summed E-state index contributed by atoms with van der Waals surface area (Å²) < 4.78 is 4.93. The zero-order valence-electron chi connectivity index (χ0n) is 11.8. The zero-order chi connectivity index (χ0) is 14.5. The summed E-state index contributed by atoms with van der Waals surface area (Å²) in [5.41, 5.74) is 0. The van der Waals surface area contributed by atoms with Crippen LogP contribution in [-0.4, -0.2) is 78.5 Å². The molecule has 0 unspecified atom stereocenters. The number of piperazine rings is 1. The lowest BCUT2D eigenvalue weighted by Crippen LogP contribution is -2.52. The molecule has 0 radical (unpaired) electrons. The standard InChI is InChI=1S/C13H21N3O4/c1-2-20-13(19)15-8-6-14(7-9-15)12(18)10-16-5-3-4-11(16)17/h2-10H2,1H3. The van der Waals surface area contributed by atoms with E-state index in [1.165, 1.54) is 0 Å². The molecule has 0 N–H and O–H groups in total. The van der Waals surface area contributed by atoms with Crippen molar-refractivity contribution < 1.29 is 19.1 Å². The summed E-state index contributed by atoms with van der Waals surface area (Å²) in [4.78, 5) is 40.1. The number of carbonyl (C=O) groups excluding carboxylic acids is 3. The summed E-state index contributed by atoms with van der Waals surface area (Å²) in [5.74, 6) is 0.0206. The lowest BCUT2D eigenvalue weighted by atomic mass is 10.3. The van der Waals surface area contributed by atoms with Gasteiger partial charge in [0.15, 0.2) is 0 Å². The van der Waals surface area contributed by atoms with Gasteiger partial charge in [0.1, 0.15) is 0 Å². The van der Waals surface area contributed by atoms with E-state index >= 15 is 0 Å². The van der Waals surface area contributed by atoms with E-state index in [0.29, 0.717) is 45.8 Å². The third-order valence-corrected chi connectivity index (χ3v) is 3.66. The molecule has 0 aromatic carbocycles. The van der Waals surface area contributed by atoms with E-state index < -0.39 is 0 Å². The summed E-state index contributed by atoms with van der Waals surface area (Å²) >= 11 is 0. The highest BCUT2D eigenvalue weighted by molar-refractivity contribution is 5.86. The van der Waals surface area contributed by atoms with Gasteiger partial charge in [-0.1, -0.05) is 0 Å². The summed E-state index contributed by atoms with van der Waals surface area (Å²) in [6.45, 7) is 4.93. The van der Waals surface area contributed by atoms with Crippen molar-refractivity contribution in [2.75, 3.05) is 45.9 Å². The maximum Gasteiger partial charge on any atom is 0.409 e. The Balaban J connectivity index is 1.77. The SMILES string of the molecule is CCOC(=O)N1CCN(C(=O)CN2CCCC2=O)CC1. The topological polar surface area (TPSA) is 70.2 Å². The van der Waals surface area contributed by atoms with E-state index in [1.54, 1.807) is 21.6 Å². The first-order chi connectivity index (χ1) is 9.61. The molecule has 0 spiro atoms. The molecule has 2 aliphatic rings. The maximum absolute atomic E-state index is 12.1. The van der Waals surface area contributed by atoms with Crippen LogP contribution in [0.1, 0.15) is 19.8 Å². The number of amides is 3. The molecule has 3 amide bonds. The van der Waals surface area contributed by atoms with Crippen LogP contribution in [0.3, 0.4) is 0 Å². The van der Waals surface area contributed by atoms with Crippen LogP contribution in [0, 0.1) is 0 Å². The normalized spacial score (nSPS) is 19.4. The largest absolute Gasteiger partial charge is 0.450 e. The summed E-state index contributed by atoms with van der Waals surface area (Å²) in [6, 6.07) is 0. The van der Waals surface area contributed by atoms with Crippen LogP contribution >= 0.6 is 0 Å². The lowest BCUT2D eigenvalue weighted by Gasteiger charge is -2.34. The van der Waals surface area contributed by atoms with Crippen LogP contribution in [0.4, 0.5) is 4.79 Å². The first-order valence-electron chi connectivity index (χ1n) is 7.09. The average Bonchev–Trinajstić information content (AvgIpc) is 2.85. The van der Waals surface area contributed by atoms with Gasteiger partial charge in [-0.15, -0.1) is 0 Å². The van der Waals surface area contributed by atoms with Gasteiger partial charge in [-0.3, -0.25) is 9.59 Å². The predicted molar refractivity (Wildman–Crippen MR) is 71.0 cm³/mol. The number of nitrogens with zero attached hydrogens (tertiary/aromatic N) is 3. The molecule has 112 valence electrons. The molecule has 0 aliphatic carbocycles. The highest BCUT2D eigenvalue weighted by Crippen LogP contribution is 2.11. The minimum atomic E-state index is -0.325. The summed E-state index contributed by atoms with van der Waals surface area (Å²) in [6.07, 6.45) is 1.06. The number of likely N-dealkylation sites (tertiary alicyclic amines) is 1. The smallest absolute Gasteiger partial charge is 0.409 e. The molecule has 0 aromatic heterocycles. The molecule has 0 aromatic rings. The summed E-state index contributed by atoms with van der Waals surface area (Å²) in [5, 5.41) is 0. The molecule has 0 saturated carbocycles. The minimum absolute atomic E-state index is 0.0382. The third-order valence-electron chi connectivity index (χ3n) is 3.66. The monoisotopic (exact) mass is 283 g/mol. The third kappa shape index (κ3) is 3.40. The molecule has 7 heteroatoms. The van der Waals surface area contributed by atoms with Gasteiger partial charge >= 0.3 is 6.09 Å². The van der Waals surface area contributed by atoms with Gasteiger partial charge in [0.2, 0.25) is 11.8 Å². The van der Waals surface area contributed by atoms with Crippen LogP contribution in [0.5, 0.6) is 0 Å². The minimum Gasteiger partial charge on any atom is -0.450 e. The predicted octanol–water partition coefficient (Wildman–Crippen LogP) is -0.0905. The van der Waals surface area contributed by atoms with Crippen molar-refractivity contribution in [2.24, 2.45) is 0 Å². The van der Waals surface area contributed by atoms with Crippen molar-refractivity contribution in [1.82, 2.24) is 14.7 Å². The fourth-order valence-corrected chi connectivity index (χ4v) is 2.49. The number of ether oxygens (including phenoxy) is 1. The number of rotatable bonds is 3. The van der Waals surface area contributed by atoms with Crippen molar-refractivity contribution in [2.45, 2.75) is 19.8 Å². The van der Waals surface area contributed by atoms with Crippen molar-refractivity contribution in [1.29, 1.82) is 0 Å². The Morgan fingerprint density at radius 2 is 1.75 bits per heavy atom. The molecule has 7 nitrogen and oxygen atoms in total. The van der Waals surface area contributed by atoms with Crippen molar-refractivity contribution >= 4 is 17.9 Å². The molecule has 20 heavy (non-hydrogen) atoms. The van der Waals surface area contributed by atoms with Crippen molar-refractivity contribution in [3.05, 3.63) is 0 Å². The molecular weight excluding hydrogens is 262 g/mol. The van der Waals surface area contributed by atoms with E-state index in [-0.39, 0.29) is 24.5 Å². The first-order valence-corrected chi connectivity index (χ1v) is 7.09. The van der Waals surface area contributed by atoms with Crippen LogP contribution in [0.15, 0.2) is 0 Å². The van der Waals surface area contributed by atoms with Crippen molar-refractivity contribution in [3.8, 4) is 0 Å². The van der Waals surface area contributed by atoms with E-state index in [4.69, 9.17) is 4.74 Å². The number of hydrogen-bond acceptors (Lipinski definition) is 4. The lowest BCUT2D eigenvalue weighted by molar-refractivity contribution is -0.139. The van der Waals surface area contributed by atoms with Gasteiger partial charge in [-0.05, 0) is 13.3 Å². The van der Waals surface area contributed by atoms with Gasteiger partial charge in [-0.25, -0.2) is 4.79 Å². The Hall–Kier alpha value is -1.79. The van der Waals surface area contributed by atoms with Gasteiger partial charge in [0.25, 0.3) is 0 Å². The van der Waals surface area contributed by atoms with E-state index in [2.05, 4.69) is 0 Å². The molecule has 2 fully saturated rings. The molecule has 0 bridgehead atoms. The second kappa shape index (κ2) is 6.58. The Morgan fingerprint density at radius 1 is 1.10 bits per heavy atom. The van der Waals surface area contributed by atoms with Gasteiger partial charge in [0.05, 0.1) is 13.2 Å². The van der Waals surface area contributed by atoms with E-state index in [1.807, 2.05) is 0 Å². The quantitative estimate of drug-likeness (QED) is 0.726. The molecule has 2 aliphatic heterocycles. The highest BCUT2D eigenvalue weighted by Gasteiger charge is 2.28. The second-order valence-electron chi connectivity index (χ2n) is 4.99. The summed E-state index contributed by atoms with van der Waals surface area (Å²) in [7, 11) is 0. The Morgan fingerprint density at radius 3 is 2.30 bits per heavy atom. The molecule has 0 atom stereocenters. The molecule has 2 rings (SSSR count). The van der Waals surface area contributed by atoms with E-state index in [0.717, 1.165) is 6.42 Å². The average molecular weight is 283 g/mol. The molecule has 2 heterocycles. The van der Waals surface area contributed by atoms with E-state index in [9.17, 15) is 14.4 Å². The maximum atomic E-state index is 12.1. The second-order valence-corrected chi connectivity index (χ2v) is 4.99. The number of carbonyl (C=O) groups is 3. The first kappa shape index (κ1) is 14.6. The highest BCUT2D eigenvalue weighted by atomic mass is 16.6. The van der Waals surface area contributed by atoms with Gasteiger partial charge in [-0.2, -0.15) is 0 Å². The Labute approximate surface area is 118 Å². The van der Waals surface area contributed by atoms with Crippen LogP contribution in [0.25, 0.3) is 0 Å². The van der Waals surface area contributed by atoms with Crippen LogP contribution in [-0.2, 0) is 14.3 Å². The fourth-order valence-electron chi connectivity index (χ4n) is 2.49. The number of hydrogen-bond donors (Lipinski definition) is 0.